The van der Waals surface area contributed by atoms with E-state index in [9.17, 15) is 13.2 Å². The molecule has 0 aliphatic rings. The van der Waals surface area contributed by atoms with Crippen molar-refractivity contribution in [3.8, 4) is 0 Å². The molecular formula is C5H12N2O4S. The summed E-state index contributed by atoms with van der Waals surface area (Å²) in [5.41, 5.74) is 10.1. The van der Waals surface area contributed by atoms with E-state index < -0.39 is 27.2 Å². The zero-order valence-corrected chi connectivity index (χ0v) is 7.41. The molecule has 0 saturated carbocycles. The molecule has 0 aromatic rings. The van der Waals surface area contributed by atoms with Crippen molar-refractivity contribution in [1.29, 1.82) is 0 Å². The third kappa shape index (κ3) is 2.43. The number of sulfone groups is 1. The van der Waals surface area contributed by atoms with E-state index in [-0.39, 0.29) is 5.75 Å². The second kappa shape index (κ2) is 3.83. The van der Waals surface area contributed by atoms with Crippen LogP contribution in [0.4, 0.5) is 0 Å². The molecule has 0 aliphatic carbocycles. The van der Waals surface area contributed by atoms with E-state index >= 15 is 0 Å². The zero-order chi connectivity index (χ0) is 9.94. The average molecular weight is 196 g/mol. The molecule has 0 heterocycles. The number of hydrogen-bond donors (Lipinski definition) is 3. The van der Waals surface area contributed by atoms with Crippen LogP contribution in [0.1, 0.15) is 6.92 Å². The van der Waals surface area contributed by atoms with Crippen molar-refractivity contribution in [3.05, 3.63) is 0 Å². The van der Waals surface area contributed by atoms with Crippen molar-refractivity contribution in [3.63, 3.8) is 0 Å². The summed E-state index contributed by atoms with van der Waals surface area (Å²) in [6, 6.07) is -1.56. The van der Waals surface area contributed by atoms with Gasteiger partial charge in [-0.15, -0.1) is 0 Å². The van der Waals surface area contributed by atoms with Gasteiger partial charge < -0.3 is 16.6 Å². The van der Waals surface area contributed by atoms with Gasteiger partial charge in [0.25, 0.3) is 0 Å². The second-order valence-corrected chi connectivity index (χ2v) is 4.73. The van der Waals surface area contributed by atoms with E-state index in [4.69, 9.17) is 16.6 Å². The van der Waals surface area contributed by atoms with Gasteiger partial charge >= 0.3 is 5.97 Å². The Balaban J connectivity index is 4.61. The summed E-state index contributed by atoms with van der Waals surface area (Å²) >= 11 is 0. The zero-order valence-electron chi connectivity index (χ0n) is 6.60. The van der Waals surface area contributed by atoms with Crippen molar-refractivity contribution in [1.82, 2.24) is 0 Å². The van der Waals surface area contributed by atoms with Gasteiger partial charge in [0.05, 0.1) is 0 Å². The summed E-state index contributed by atoms with van der Waals surface area (Å²) in [6.45, 7) is 1.38. The quantitative estimate of drug-likeness (QED) is 0.483. The van der Waals surface area contributed by atoms with Gasteiger partial charge in [0.1, 0.15) is 11.4 Å². The summed E-state index contributed by atoms with van der Waals surface area (Å²) < 4.78 is 22.0. The molecule has 6 nitrogen and oxygen atoms in total. The standard InChI is InChI=1S/C5H12N2O4S/c1-2-12(10,11)4(7)3(6)5(8)9/h3-4H,2,6-7H2,1H3,(H,8,9). The van der Waals surface area contributed by atoms with E-state index in [1.165, 1.54) is 6.92 Å². The summed E-state index contributed by atoms with van der Waals surface area (Å²) in [7, 11) is -3.57. The molecule has 2 atom stereocenters. The predicted octanol–water partition coefficient (Wildman–Crippen LogP) is -1.88. The van der Waals surface area contributed by atoms with Crippen LogP contribution in [0.25, 0.3) is 0 Å². The molecule has 7 heteroatoms. The highest BCUT2D eigenvalue weighted by atomic mass is 32.2. The van der Waals surface area contributed by atoms with Crippen LogP contribution < -0.4 is 11.5 Å². The van der Waals surface area contributed by atoms with Crippen LogP contribution in [0.15, 0.2) is 0 Å². The molecule has 0 rings (SSSR count). The maximum absolute atomic E-state index is 11.0. The maximum atomic E-state index is 11.0. The van der Waals surface area contributed by atoms with Gasteiger partial charge in [-0.2, -0.15) is 0 Å². The smallest absolute Gasteiger partial charge is 0.323 e. The third-order valence-electron chi connectivity index (χ3n) is 1.46. The minimum atomic E-state index is -3.57. The summed E-state index contributed by atoms with van der Waals surface area (Å²) in [5.74, 6) is -1.63. The SMILES string of the molecule is CCS(=O)(=O)C(N)C(N)C(=O)O. The lowest BCUT2D eigenvalue weighted by Gasteiger charge is -2.14. The largest absolute Gasteiger partial charge is 0.480 e. The molecular weight excluding hydrogens is 184 g/mol. The first kappa shape index (κ1) is 11.3. The highest BCUT2D eigenvalue weighted by molar-refractivity contribution is 7.92. The van der Waals surface area contributed by atoms with Crippen molar-refractivity contribution < 1.29 is 18.3 Å². The summed E-state index contributed by atoms with van der Waals surface area (Å²) in [4.78, 5) is 10.2. The van der Waals surface area contributed by atoms with Gasteiger partial charge in [-0.05, 0) is 0 Å². The summed E-state index contributed by atoms with van der Waals surface area (Å²) in [5, 5.41) is 6.81. The minimum Gasteiger partial charge on any atom is -0.480 e. The highest BCUT2D eigenvalue weighted by Crippen LogP contribution is 1.99. The Hall–Kier alpha value is -0.660. The van der Waals surface area contributed by atoms with Crippen LogP contribution in [0, 0.1) is 0 Å². The lowest BCUT2D eigenvalue weighted by atomic mass is 10.3. The monoisotopic (exact) mass is 196 g/mol. The van der Waals surface area contributed by atoms with Crippen LogP contribution in [-0.2, 0) is 14.6 Å². The number of aliphatic carboxylic acids is 1. The van der Waals surface area contributed by atoms with Crippen molar-refractivity contribution in [2.24, 2.45) is 11.5 Å². The van der Waals surface area contributed by atoms with E-state index in [1.54, 1.807) is 0 Å². The van der Waals surface area contributed by atoms with Crippen molar-refractivity contribution >= 4 is 15.8 Å². The molecule has 0 aromatic carbocycles. The average Bonchev–Trinajstić information content (AvgIpc) is 2.01. The Labute approximate surface area is 70.5 Å². The van der Waals surface area contributed by atoms with Gasteiger partial charge in [-0.1, -0.05) is 6.92 Å². The van der Waals surface area contributed by atoms with E-state index in [2.05, 4.69) is 0 Å². The fourth-order valence-electron chi connectivity index (χ4n) is 0.556. The molecule has 0 aromatic heterocycles. The first-order valence-corrected chi connectivity index (χ1v) is 5.00. The van der Waals surface area contributed by atoms with Gasteiger partial charge in [-0.3, -0.25) is 4.79 Å². The van der Waals surface area contributed by atoms with E-state index in [0.717, 1.165) is 0 Å². The number of carboxylic acids is 1. The van der Waals surface area contributed by atoms with E-state index in [0.29, 0.717) is 0 Å². The fourth-order valence-corrected chi connectivity index (χ4v) is 1.50. The second-order valence-electron chi connectivity index (χ2n) is 2.28. The Morgan fingerprint density at radius 2 is 1.92 bits per heavy atom. The third-order valence-corrected chi connectivity index (χ3v) is 3.38. The molecule has 0 saturated heterocycles. The maximum Gasteiger partial charge on any atom is 0.323 e. The first-order valence-electron chi connectivity index (χ1n) is 3.28. The topological polar surface area (TPSA) is 123 Å². The molecule has 2 unspecified atom stereocenters. The van der Waals surface area contributed by atoms with Gasteiger partial charge in [0, 0.05) is 5.75 Å². The first-order chi connectivity index (χ1) is 5.33. The van der Waals surface area contributed by atoms with E-state index in [1.807, 2.05) is 0 Å². The van der Waals surface area contributed by atoms with Crippen molar-refractivity contribution in [2.45, 2.75) is 18.3 Å². The van der Waals surface area contributed by atoms with Crippen LogP contribution in [0.2, 0.25) is 0 Å². The molecule has 5 N–H and O–H groups in total. The molecule has 0 amide bonds. The summed E-state index contributed by atoms with van der Waals surface area (Å²) in [6.07, 6.45) is 0. The number of hydrogen-bond acceptors (Lipinski definition) is 5. The fraction of sp³-hybridized carbons (Fsp3) is 0.800. The lowest BCUT2D eigenvalue weighted by molar-refractivity contribution is -0.138. The Kier molecular flexibility index (Phi) is 3.62. The number of carboxylic acid groups (broad SMARTS) is 1. The highest BCUT2D eigenvalue weighted by Gasteiger charge is 2.30. The van der Waals surface area contributed by atoms with Crippen LogP contribution in [-0.4, -0.2) is 36.7 Å². The molecule has 0 bridgehead atoms. The Bertz CT molecular complexity index is 261. The van der Waals surface area contributed by atoms with Crippen LogP contribution in [0.3, 0.4) is 0 Å². The normalized spacial score (nSPS) is 16.9. The molecule has 72 valence electrons. The molecule has 0 spiro atoms. The van der Waals surface area contributed by atoms with Gasteiger partial charge in [-0.25, -0.2) is 8.42 Å². The van der Waals surface area contributed by atoms with Gasteiger partial charge in [0.2, 0.25) is 0 Å². The number of rotatable bonds is 4. The minimum absolute atomic E-state index is 0.213. The lowest BCUT2D eigenvalue weighted by Crippen LogP contribution is -2.51. The molecule has 0 radical (unpaired) electrons. The van der Waals surface area contributed by atoms with Crippen LogP contribution in [0.5, 0.6) is 0 Å². The van der Waals surface area contributed by atoms with Crippen LogP contribution >= 0.6 is 0 Å². The molecule has 0 fully saturated rings. The van der Waals surface area contributed by atoms with Crippen molar-refractivity contribution in [2.75, 3.05) is 5.75 Å². The Morgan fingerprint density at radius 3 is 2.17 bits per heavy atom. The molecule has 12 heavy (non-hydrogen) atoms. The predicted molar refractivity (Wildman–Crippen MR) is 43.0 cm³/mol. The number of nitrogens with two attached hydrogens (primary N) is 2. The number of carbonyl (C=O) groups is 1. The molecule has 0 aliphatic heterocycles. The van der Waals surface area contributed by atoms with Gasteiger partial charge in [0.15, 0.2) is 9.84 Å². The Morgan fingerprint density at radius 1 is 1.50 bits per heavy atom.